The first-order chi connectivity index (χ1) is 16.6. The molecule has 0 radical (unpaired) electrons. The van der Waals surface area contributed by atoms with Crippen LogP contribution in [0.2, 0.25) is 0 Å². The van der Waals surface area contributed by atoms with Crippen molar-refractivity contribution in [2.75, 3.05) is 12.0 Å². The van der Waals surface area contributed by atoms with Gasteiger partial charge in [-0.3, -0.25) is 19.3 Å². The number of amides is 2. The average molecular weight is 468 g/mol. The van der Waals surface area contributed by atoms with Gasteiger partial charge in [-0.25, -0.2) is 0 Å². The molecule has 5 nitrogen and oxygen atoms in total. The molecule has 186 valence electrons. The minimum Gasteiger partial charge on any atom is -0.469 e. The largest absolute Gasteiger partial charge is 0.469 e. The number of nitrogens with zero attached hydrogens (tertiary/aromatic N) is 1. The van der Waals surface area contributed by atoms with Gasteiger partial charge in [0.2, 0.25) is 11.8 Å². The minimum absolute atomic E-state index is 0.0150. The number of esters is 1. The lowest BCUT2D eigenvalue weighted by atomic mass is 9.69. The maximum atomic E-state index is 13.6. The SMILES string of the molecule is CCCCCCC1C=CC(CCCCCCCC(=O)OC)C2C(=O)N(c3ccccc3)C(=O)C12. The molecular weight excluding hydrogens is 426 g/mol. The molecule has 34 heavy (non-hydrogen) atoms. The first kappa shape index (κ1) is 26.2. The molecule has 4 atom stereocenters. The zero-order valence-corrected chi connectivity index (χ0v) is 20.9. The Morgan fingerprint density at radius 1 is 0.794 bits per heavy atom. The summed E-state index contributed by atoms with van der Waals surface area (Å²) in [6, 6.07) is 9.40. The van der Waals surface area contributed by atoms with Gasteiger partial charge in [0.25, 0.3) is 0 Å². The van der Waals surface area contributed by atoms with E-state index in [1.165, 1.54) is 31.3 Å². The fourth-order valence-electron chi connectivity index (χ4n) is 5.61. The maximum absolute atomic E-state index is 13.6. The second-order valence-electron chi connectivity index (χ2n) is 9.84. The Morgan fingerprint density at radius 2 is 1.32 bits per heavy atom. The summed E-state index contributed by atoms with van der Waals surface area (Å²) < 4.78 is 4.69. The number of imide groups is 1. The van der Waals surface area contributed by atoms with Crippen molar-refractivity contribution in [2.24, 2.45) is 23.7 Å². The molecule has 1 fully saturated rings. The standard InChI is InChI=1S/C29H41NO4/c1-3-4-5-10-15-22-20-21-23(16-11-7-6-8-14-19-25(31)34-2)27-26(22)28(32)30(29(27)33)24-17-12-9-13-18-24/h9,12-13,17-18,20-23,26-27H,3-8,10-11,14-16,19H2,1-2H3. The molecular formula is C29H41NO4. The average Bonchev–Trinajstić information content (AvgIpc) is 3.13. The van der Waals surface area contributed by atoms with Crippen LogP contribution in [0.4, 0.5) is 5.69 Å². The highest BCUT2D eigenvalue weighted by Gasteiger charge is 2.54. The summed E-state index contributed by atoms with van der Waals surface area (Å²) in [6.07, 6.45) is 16.6. The minimum atomic E-state index is -0.242. The second-order valence-corrected chi connectivity index (χ2v) is 9.84. The number of para-hydroxylation sites is 1. The highest BCUT2D eigenvalue weighted by Crippen LogP contribution is 2.46. The molecule has 0 spiro atoms. The van der Waals surface area contributed by atoms with Crippen LogP contribution in [0.5, 0.6) is 0 Å². The predicted molar refractivity (Wildman–Crippen MR) is 135 cm³/mol. The fourth-order valence-corrected chi connectivity index (χ4v) is 5.61. The van der Waals surface area contributed by atoms with Crippen molar-refractivity contribution in [2.45, 2.75) is 84.0 Å². The monoisotopic (exact) mass is 467 g/mol. The van der Waals surface area contributed by atoms with Gasteiger partial charge in [0.15, 0.2) is 0 Å². The quantitative estimate of drug-likeness (QED) is 0.136. The van der Waals surface area contributed by atoms with Crippen molar-refractivity contribution >= 4 is 23.5 Å². The molecule has 3 rings (SSSR count). The molecule has 1 aliphatic heterocycles. The number of hydrogen-bond donors (Lipinski definition) is 0. The van der Waals surface area contributed by atoms with E-state index in [-0.39, 0.29) is 41.5 Å². The lowest BCUT2D eigenvalue weighted by Crippen LogP contribution is -2.33. The number of anilines is 1. The molecule has 5 heteroatoms. The summed E-state index contributed by atoms with van der Waals surface area (Å²) in [6.45, 7) is 2.21. The van der Waals surface area contributed by atoms with Crippen LogP contribution in [0.25, 0.3) is 0 Å². The highest BCUT2D eigenvalue weighted by molar-refractivity contribution is 6.22. The molecule has 2 aliphatic rings. The van der Waals surface area contributed by atoms with E-state index in [0.717, 1.165) is 51.4 Å². The summed E-state index contributed by atoms with van der Waals surface area (Å²) in [5.74, 6) is -0.377. The Balaban J connectivity index is 1.63. The Bertz CT molecular complexity index is 834. The highest BCUT2D eigenvalue weighted by atomic mass is 16.5. The van der Waals surface area contributed by atoms with Gasteiger partial charge in [0, 0.05) is 6.42 Å². The van der Waals surface area contributed by atoms with Crippen molar-refractivity contribution in [3.8, 4) is 0 Å². The fraction of sp³-hybridized carbons (Fsp3) is 0.621. The number of allylic oxidation sites excluding steroid dienone is 2. The normalized spacial score (nSPS) is 23.9. The molecule has 1 saturated heterocycles. The van der Waals surface area contributed by atoms with Gasteiger partial charge < -0.3 is 4.74 Å². The van der Waals surface area contributed by atoms with Gasteiger partial charge in [-0.05, 0) is 43.2 Å². The van der Waals surface area contributed by atoms with E-state index in [4.69, 9.17) is 4.74 Å². The molecule has 0 saturated carbocycles. The first-order valence-electron chi connectivity index (χ1n) is 13.3. The molecule has 2 amide bonds. The zero-order valence-electron chi connectivity index (χ0n) is 20.9. The predicted octanol–water partition coefficient (Wildman–Crippen LogP) is 6.47. The number of hydrogen-bond acceptors (Lipinski definition) is 4. The van der Waals surface area contributed by atoms with E-state index >= 15 is 0 Å². The zero-order chi connectivity index (χ0) is 24.3. The third kappa shape index (κ3) is 6.58. The number of carbonyl (C=O) groups excluding carboxylic acids is 3. The van der Waals surface area contributed by atoms with E-state index in [1.807, 2.05) is 30.3 Å². The molecule has 1 aromatic rings. The molecule has 1 aromatic carbocycles. The van der Waals surface area contributed by atoms with Crippen molar-refractivity contribution in [1.82, 2.24) is 0 Å². The van der Waals surface area contributed by atoms with Crippen LogP contribution < -0.4 is 4.90 Å². The van der Waals surface area contributed by atoms with E-state index in [1.54, 1.807) is 0 Å². The lowest BCUT2D eigenvalue weighted by molar-refractivity contribution is -0.140. The number of rotatable bonds is 14. The summed E-state index contributed by atoms with van der Waals surface area (Å²) >= 11 is 0. The maximum Gasteiger partial charge on any atom is 0.305 e. The van der Waals surface area contributed by atoms with Crippen LogP contribution in [0, 0.1) is 23.7 Å². The third-order valence-electron chi connectivity index (χ3n) is 7.48. The summed E-state index contributed by atoms with van der Waals surface area (Å²) in [4.78, 5) is 39.8. The molecule has 0 N–H and O–H groups in total. The van der Waals surface area contributed by atoms with E-state index < -0.39 is 0 Å². The van der Waals surface area contributed by atoms with Gasteiger partial charge in [-0.15, -0.1) is 0 Å². The first-order valence-corrected chi connectivity index (χ1v) is 13.3. The topological polar surface area (TPSA) is 63.7 Å². The summed E-state index contributed by atoms with van der Waals surface area (Å²) in [5, 5.41) is 0. The molecule has 0 aromatic heterocycles. The Labute approximate surface area is 204 Å². The van der Waals surface area contributed by atoms with Crippen LogP contribution in [-0.2, 0) is 19.1 Å². The number of unbranched alkanes of at least 4 members (excludes halogenated alkanes) is 7. The van der Waals surface area contributed by atoms with Gasteiger partial charge in [0.1, 0.15) is 0 Å². The van der Waals surface area contributed by atoms with Gasteiger partial charge >= 0.3 is 5.97 Å². The third-order valence-corrected chi connectivity index (χ3v) is 7.48. The van der Waals surface area contributed by atoms with Crippen molar-refractivity contribution in [1.29, 1.82) is 0 Å². The van der Waals surface area contributed by atoms with Crippen molar-refractivity contribution in [3.05, 3.63) is 42.5 Å². The Hall–Kier alpha value is -2.43. The van der Waals surface area contributed by atoms with E-state index in [9.17, 15) is 14.4 Å². The Kier molecular flexibility index (Phi) is 10.4. The molecule has 1 heterocycles. The van der Waals surface area contributed by atoms with Crippen LogP contribution in [-0.4, -0.2) is 24.9 Å². The molecule has 1 aliphatic carbocycles. The number of ether oxygens (including phenoxy) is 1. The number of fused-ring (bicyclic) bond motifs is 1. The number of carbonyl (C=O) groups is 3. The lowest BCUT2D eigenvalue weighted by Gasteiger charge is -2.32. The molecule has 4 unspecified atom stereocenters. The van der Waals surface area contributed by atoms with Gasteiger partial charge in [0.05, 0.1) is 24.6 Å². The van der Waals surface area contributed by atoms with Crippen LogP contribution in [0.1, 0.15) is 84.0 Å². The molecule has 0 bridgehead atoms. The Morgan fingerprint density at radius 3 is 1.88 bits per heavy atom. The number of methoxy groups -OCH3 is 1. The van der Waals surface area contributed by atoms with Crippen LogP contribution >= 0.6 is 0 Å². The number of benzene rings is 1. The van der Waals surface area contributed by atoms with Crippen molar-refractivity contribution < 1.29 is 19.1 Å². The van der Waals surface area contributed by atoms with Gasteiger partial charge in [-0.2, -0.15) is 0 Å². The van der Waals surface area contributed by atoms with E-state index in [0.29, 0.717) is 12.1 Å². The van der Waals surface area contributed by atoms with Crippen LogP contribution in [0.15, 0.2) is 42.5 Å². The van der Waals surface area contributed by atoms with Crippen LogP contribution in [0.3, 0.4) is 0 Å². The van der Waals surface area contributed by atoms with Gasteiger partial charge in [-0.1, -0.05) is 88.6 Å². The van der Waals surface area contributed by atoms with E-state index in [2.05, 4.69) is 19.1 Å². The smallest absolute Gasteiger partial charge is 0.305 e. The summed E-state index contributed by atoms with van der Waals surface area (Å²) in [7, 11) is 1.43. The second kappa shape index (κ2) is 13.5. The summed E-state index contributed by atoms with van der Waals surface area (Å²) in [5.41, 5.74) is 0.695. The van der Waals surface area contributed by atoms with Crippen molar-refractivity contribution in [3.63, 3.8) is 0 Å².